The third-order valence-electron chi connectivity index (χ3n) is 3.18. The number of aryl methyl sites for hydroxylation is 2. The lowest BCUT2D eigenvalue weighted by Crippen LogP contribution is -2.06. The molecule has 0 saturated heterocycles. The highest BCUT2D eigenvalue weighted by molar-refractivity contribution is 6.44. The number of hydrogen-bond acceptors (Lipinski definition) is 2. The largest absolute Gasteiger partial charge is 0.496 e. The number of methoxy groups -OCH3 is 1. The minimum atomic E-state index is -0.138. The van der Waals surface area contributed by atoms with Crippen LogP contribution in [0.25, 0.3) is 0 Å². The minimum absolute atomic E-state index is 0.138. The molecule has 0 fully saturated rings. The quantitative estimate of drug-likeness (QED) is 0.758. The van der Waals surface area contributed by atoms with E-state index in [9.17, 15) is 4.79 Å². The molecule has 0 atom stereocenters. The Morgan fingerprint density at radius 3 is 2.40 bits per heavy atom. The van der Waals surface area contributed by atoms with Crippen molar-refractivity contribution in [3.8, 4) is 5.75 Å². The summed E-state index contributed by atoms with van der Waals surface area (Å²) >= 11 is 12.1. The van der Waals surface area contributed by atoms with E-state index < -0.39 is 0 Å². The van der Waals surface area contributed by atoms with E-state index in [2.05, 4.69) is 0 Å². The maximum atomic E-state index is 12.6. The minimum Gasteiger partial charge on any atom is -0.496 e. The number of benzene rings is 2. The fourth-order valence-corrected chi connectivity index (χ4v) is 2.46. The highest BCUT2D eigenvalue weighted by Crippen LogP contribution is 2.30. The molecule has 2 aromatic carbocycles. The molecule has 0 heterocycles. The van der Waals surface area contributed by atoms with E-state index in [-0.39, 0.29) is 10.8 Å². The van der Waals surface area contributed by atoms with Crippen molar-refractivity contribution in [2.45, 2.75) is 13.8 Å². The van der Waals surface area contributed by atoms with E-state index >= 15 is 0 Å². The fourth-order valence-electron chi connectivity index (χ4n) is 2.08. The molecule has 2 rings (SSSR count). The second-order valence-corrected chi connectivity index (χ2v) is 5.35. The Hall–Kier alpha value is -1.51. The van der Waals surface area contributed by atoms with Crippen LogP contribution in [-0.2, 0) is 0 Å². The van der Waals surface area contributed by atoms with E-state index in [0.717, 1.165) is 16.9 Å². The average Bonchev–Trinajstić information content (AvgIpc) is 2.43. The Morgan fingerprint density at radius 2 is 1.75 bits per heavy atom. The van der Waals surface area contributed by atoms with Crippen molar-refractivity contribution in [2.75, 3.05) is 7.11 Å². The molecule has 0 aliphatic heterocycles. The van der Waals surface area contributed by atoms with Crippen molar-refractivity contribution < 1.29 is 9.53 Å². The van der Waals surface area contributed by atoms with Gasteiger partial charge >= 0.3 is 0 Å². The molecule has 0 unspecified atom stereocenters. The molecule has 0 aliphatic rings. The summed E-state index contributed by atoms with van der Waals surface area (Å²) < 4.78 is 5.25. The van der Waals surface area contributed by atoms with Crippen molar-refractivity contribution in [2.24, 2.45) is 0 Å². The van der Waals surface area contributed by atoms with Crippen molar-refractivity contribution in [1.82, 2.24) is 0 Å². The first-order valence-corrected chi connectivity index (χ1v) is 6.85. The Labute approximate surface area is 128 Å². The van der Waals surface area contributed by atoms with Gasteiger partial charge in [-0.1, -0.05) is 29.3 Å². The van der Waals surface area contributed by atoms with Crippen LogP contribution in [0, 0.1) is 13.8 Å². The van der Waals surface area contributed by atoms with Crippen LogP contribution < -0.4 is 4.74 Å². The zero-order chi connectivity index (χ0) is 14.9. The fraction of sp³-hybridized carbons (Fsp3) is 0.188. The SMILES string of the molecule is COc1cc(C)c(C(=O)c2cccc(Cl)c2Cl)cc1C. The molecule has 0 saturated carbocycles. The van der Waals surface area contributed by atoms with Crippen LogP contribution in [0.5, 0.6) is 5.75 Å². The molecule has 2 aromatic rings. The summed E-state index contributed by atoms with van der Waals surface area (Å²) in [5, 5.41) is 0.660. The number of halogens is 2. The van der Waals surface area contributed by atoms with Gasteiger partial charge in [-0.25, -0.2) is 0 Å². The highest BCUT2D eigenvalue weighted by atomic mass is 35.5. The number of rotatable bonds is 3. The van der Waals surface area contributed by atoms with Crippen LogP contribution in [0.2, 0.25) is 10.0 Å². The summed E-state index contributed by atoms with van der Waals surface area (Å²) in [5.41, 5.74) is 2.76. The molecule has 0 amide bonds. The first-order valence-electron chi connectivity index (χ1n) is 6.09. The van der Waals surface area contributed by atoms with E-state index in [4.69, 9.17) is 27.9 Å². The lowest BCUT2D eigenvalue weighted by atomic mass is 9.96. The predicted molar refractivity (Wildman–Crippen MR) is 82.4 cm³/mol. The molecule has 104 valence electrons. The average molecular weight is 309 g/mol. The highest BCUT2D eigenvalue weighted by Gasteiger charge is 2.18. The predicted octanol–water partition coefficient (Wildman–Crippen LogP) is 4.85. The summed E-state index contributed by atoms with van der Waals surface area (Å²) in [6.07, 6.45) is 0. The first-order chi connectivity index (χ1) is 9.45. The van der Waals surface area contributed by atoms with Gasteiger partial charge in [0.2, 0.25) is 0 Å². The van der Waals surface area contributed by atoms with Gasteiger partial charge in [-0.05, 0) is 49.2 Å². The second kappa shape index (κ2) is 5.86. The number of ketones is 1. The molecule has 0 spiro atoms. The maximum absolute atomic E-state index is 12.6. The van der Waals surface area contributed by atoms with Crippen molar-refractivity contribution in [1.29, 1.82) is 0 Å². The summed E-state index contributed by atoms with van der Waals surface area (Å²) in [6, 6.07) is 8.71. The van der Waals surface area contributed by atoms with Gasteiger partial charge in [0.05, 0.1) is 17.2 Å². The summed E-state index contributed by atoms with van der Waals surface area (Å²) in [6.45, 7) is 3.77. The Morgan fingerprint density at radius 1 is 1.05 bits per heavy atom. The van der Waals surface area contributed by atoms with Crippen LogP contribution in [0.4, 0.5) is 0 Å². The normalized spacial score (nSPS) is 10.4. The summed E-state index contributed by atoms with van der Waals surface area (Å²) in [7, 11) is 1.61. The van der Waals surface area contributed by atoms with Crippen LogP contribution >= 0.6 is 23.2 Å². The van der Waals surface area contributed by atoms with Gasteiger partial charge in [-0.3, -0.25) is 4.79 Å². The van der Waals surface area contributed by atoms with E-state index in [0.29, 0.717) is 16.1 Å². The van der Waals surface area contributed by atoms with Gasteiger partial charge < -0.3 is 4.74 Å². The monoisotopic (exact) mass is 308 g/mol. The van der Waals surface area contributed by atoms with Gasteiger partial charge in [0.1, 0.15) is 5.75 Å². The Kier molecular flexibility index (Phi) is 4.36. The number of carbonyl (C=O) groups excluding carboxylic acids is 1. The van der Waals surface area contributed by atoms with E-state index in [1.807, 2.05) is 26.0 Å². The molecular weight excluding hydrogens is 295 g/mol. The van der Waals surface area contributed by atoms with E-state index in [1.54, 1.807) is 25.3 Å². The van der Waals surface area contributed by atoms with Gasteiger partial charge in [-0.2, -0.15) is 0 Å². The van der Waals surface area contributed by atoms with Gasteiger partial charge in [0.15, 0.2) is 5.78 Å². The van der Waals surface area contributed by atoms with Gasteiger partial charge in [0, 0.05) is 11.1 Å². The van der Waals surface area contributed by atoms with Gasteiger partial charge in [0.25, 0.3) is 0 Å². The van der Waals surface area contributed by atoms with Crippen molar-refractivity contribution in [3.63, 3.8) is 0 Å². The second-order valence-electron chi connectivity index (χ2n) is 4.57. The number of hydrogen-bond donors (Lipinski definition) is 0. The molecule has 4 heteroatoms. The third-order valence-corrected chi connectivity index (χ3v) is 4.00. The van der Waals surface area contributed by atoms with E-state index in [1.165, 1.54) is 0 Å². The number of carbonyl (C=O) groups is 1. The molecule has 0 radical (unpaired) electrons. The molecule has 20 heavy (non-hydrogen) atoms. The van der Waals surface area contributed by atoms with Crippen LogP contribution in [0.1, 0.15) is 27.0 Å². The smallest absolute Gasteiger partial charge is 0.194 e. The molecule has 0 aliphatic carbocycles. The summed E-state index contributed by atoms with van der Waals surface area (Å²) in [5.74, 6) is 0.622. The Balaban J connectivity index is 2.54. The lowest BCUT2D eigenvalue weighted by Gasteiger charge is -2.11. The molecular formula is C16H14Cl2O2. The molecule has 0 N–H and O–H groups in total. The maximum Gasteiger partial charge on any atom is 0.194 e. The Bertz CT molecular complexity index is 678. The first kappa shape index (κ1) is 14.9. The van der Waals surface area contributed by atoms with Crippen LogP contribution in [-0.4, -0.2) is 12.9 Å². The van der Waals surface area contributed by atoms with Crippen molar-refractivity contribution >= 4 is 29.0 Å². The topological polar surface area (TPSA) is 26.3 Å². The standard InChI is InChI=1S/C16H14Cl2O2/c1-9-8-14(20-3)10(2)7-12(9)16(19)11-5-4-6-13(17)15(11)18/h4-8H,1-3H3. The van der Waals surface area contributed by atoms with Crippen LogP contribution in [0.15, 0.2) is 30.3 Å². The summed E-state index contributed by atoms with van der Waals surface area (Å²) in [4.78, 5) is 12.6. The third kappa shape index (κ3) is 2.67. The van der Waals surface area contributed by atoms with Crippen LogP contribution in [0.3, 0.4) is 0 Å². The molecule has 2 nitrogen and oxygen atoms in total. The molecule has 0 bridgehead atoms. The zero-order valence-corrected chi connectivity index (χ0v) is 13.0. The number of ether oxygens (including phenoxy) is 1. The molecule has 0 aromatic heterocycles. The van der Waals surface area contributed by atoms with Gasteiger partial charge in [-0.15, -0.1) is 0 Å². The lowest BCUT2D eigenvalue weighted by molar-refractivity contribution is 0.103. The zero-order valence-electron chi connectivity index (χ0n) is 11.5. The van der Waals surface area contributed by atoms with Crippen molar-refractivity contribution in [3.05, 3.63) is 62.6 Å².